The van der Waals surface area contributed by atoms with Crippen LogP contribution in [0.5, 0.6) is 0 Å². The second kappa shape index (κ2) is 7.91. The predicted octanol–water partition coefficient (Wildman–Crippen LogP) is 2.92. The summed E-state index contributed by atoms with van der Waals surface area (Å²) in [6.45, 7) is 1.77. The second-order valence-electron chi connectivity index (χ2n) is 6.61. The molecule has 2 aromatic rings. The van der Waals surface area contributed by atoms with Crippen molar-refractivity contribution in [3.05, 3.63) is 42.1 Å². The minimum Gasteiger partial charge on any atom is -0.376 e. The Kier molecular flexibility index (Phi) is 5.57. The number of amides is 2. The second-order valence-corrected chi connectivity index (χ2v) is 6.61. The summed E-state index contributed by atoms with van der Waals surface area (Å²) in [6.07, 6.45) is -2.87. The van der Waals surface area contributed by atoms with Gasteiger partial charge in [-0.25, -0.2) is 4.79 Å². The molecule has 1 N–H and O–H groups in total. The third kappa shape index (κ3) is 4.44. The lowest BCUT2D eigenvalue weighted by molar-refractivity contribution is -0.136. The first kappa shape index (κ1) is 19.7. The van der Waals surface area contributed by atoms with Crippen LogP contribution in [0.25, 0.3) is 0 Å². The Morgan fingerprint density at radius 3 is 2.46 bits per heavy atom. The third-order valence-corrected chi connectivity index (χ3v) is 4.51. The molecule has 0 unspecified atom stereocenters. The fourth-order valence-corrected chi connectivity index (χ4v) is 2.92. The Bertz CT molecular complexity index is 834. The monoisotopic (exact) mass is 394 g/mol. The molecule has 3 rings (SSSR count). The Morgan fingerprint density at radius 1 is 1.14 bits per heavy atom. The summed E-state index contributed by atoms with van der Waals surface area (Å²) in [5.74, 6) is 0.702. The predicted molar refractivity (Wildman–Crippen MR) is 101 cm³/mol. The van der Waals surface area contributed by atoms with Crippen molar-refractivity contribution in [2.75, 3.05) is 55.4 Å². The average molecular weight is 394 g/mol. The van der Waals surface area contributed by atoms with Gasteiger partial charge in [-0.05, 0) is 12.1 Å². The molecule has 0 saturated carbocycles. The maximum atomic E-state index is 13.1. The van der Waals surface area contributed by atoms with Crippen molar-refractivity contribution < 1.29 is 18.0 Å². The standard InChI is InChI=1S/C18H21F3N6O/c1-25(2)13-11-16(24-22-12-13)26-7-9-27(10-8-26)17(28)23-15-6-4-3-5-14(15)18(19,20)21/h3-6,11-12H,7-10H2,1-2H3,(H,23,28). The molecule has 150 valence electrons. The van der Waals surface area contributed by atoms with E-state index in [-0.39, 0.29) is 5.69 Å². The zero-order chi connectivity index (χ0) is 20.3. The summed E-state index contributed by atoms with van der Waals surface area (Å²) in [5, 5.41) is 10.5. The molecule has 0 aliphatic carbocycles. The number of piperazine rings is 1. The van der Waals surface area contributed by atoms with Crippen LogP contribution in [0.3, 0.4) is 0 Å². The molecule has 0 atom stereocenters. The van der Waals surface area contributed by atoms with Crippen LogP contribution in [-0.2, 0) is 6.18 Å². The van der Waals surface area contributed by atoms with E-state index in [0.29, 0.717) is 32.0 Å². The van der Waals surface area contributed by atoms with Crippen molar-refractivity contribution in [2.45, 2.75) is 6.18 Å². The number of aromatic nitrogens is 2. The first-order valence-electron chi connectivity index (χ1n) is 8.73. The topological polar surface area (TPSA) is 64.6 Å². The smallest absolute Gasteiger partial charge is 0.376 e. The zero-order valence-electron chi connectivity index (χ0n) is 15.6. The van der Waals surface area contributed by atoms with Crippen molar-refractivity contribution >= 4 is 23.2 Å². The SMILES string of the molecule is CN(C)c1cnnc(N2CCN(C(=O)Nc3ccccc3C(F)(F)F)CC2)c1. The van der Waals surface area contributed by atoms with Gasteiger partial charge in [0.25, 0.3) is 0 Å². The van der Waals surface area contributed by atoms with Gasteiger partial charge < -0.3 is 20.0 Å². The Morgan fingerprint density at radius 2 is 1.82 bits per heavy atom. The highest BCUT2D eigenvalue weighted by Gasteiger charge is 2.34. The van der Waals surface area contributed by atoms with Crippen LogP contribution in [0.4, 0.5) is 35.2 Å². The van der Waals surface area contributed by atoms with E-state index < -0.39 is 17.8 Å². The number of hydrogen-bond acceptors (Lipinski definition) is 5. The molecule has 1 aromatic heterocycles. The van der Waals surface area contributed by atoms with E-state index in [1.165, 1.54) is 23.1 Å². The van der Waals surface area contributed by atoms with Crippen molar-refractivity contribution in [3.8, 4) is 0 Å². The summed E-state index contributed by atoms with van der Waals surface area (Å²) >= 11 is 0. The quantitative estimate of drug-likeness (QED) is 0.867. The number of benzene rings is 1. The number of carbonyl (C=O) groups is 1. The van der Waals surface area contributed by atoms with Crippen LogP contribution >= 0.6 is 0 Å². The van der Waals surface area contributed by atoms with E-state index in [1.807, 2.05) is 30.0 Å². The summed E-state index contributed by atoms with van der Waals surface area (Å²) < 4.78 is 39.2. The molecule has 0 radical (unpaired) electrons. The number of hydrogen-bond donors (Lipinski definition) is 1. The fraction of sp³-hybridized carbons (Fsp3) is 0.389. The number of nitrogens with zero attached hydrogens (tertiary/aromatic N) is 5. The van der Waals surface area contributed by atoms with Gasteiger partial charge in [-0.1, -0.05) is 12.1 Å². The van der Waals surface area contributed by atoms with Crippen LogP contribution in [0.1, 0.15) is 5.56 Å². The van der Waals surface area contributed by atoms with Gasteiger partial charge in [0.05, 0.1) is 23.1 Å². The van der Waals surface area contributed by atoms with E-state index in [2.05, 4.69) is 15.5 Å². The molecule has 1 aliphatic rings. The van der Waals surface area contributed by atoms with Crippen LogP contribution in [-0.4, -0.2) is 61.4 Å². The number of urea groups is 1. The highest BCUT2D eigenvalue weighted by molar-refractivity contribution is 5.90. The summed E-state index contributed by atoms with van der Waals surface area (Å²) in [4.78, 5) is 17.8. The number of halogens is 3. The van der Waals surface area contributed by atoms with Gasteiger partial charge in [0.1, 0.15) is 0 Å². The molecule has 28 heavy (non-hydrogen) atoms. The molecule has 0 spiro atoms. The van der Waals surface area contributed by atoms with Crippen LogP contribution < -0.4 is 15.1 Å². The van der Waals surface area contributed by atoms with Crippen molar-refractivity contribution in [3.63, 3.8) is 0 Å². The van der Waals surface area contributed by atoms with Gasteiger partial charge in [0.2, 0.25) is 0 Å². The molecule has 2 amide bonds. The average Bonchev–Trinajstić information content (AvgIpc) is 2.68. The van der Waals surface area contributed by atoms with E-state index >= 15 is 0 Å². The van der Waals surface area contributed by atoms with Crippen molar-refractivity contribution in [1.29, 1.82) is 0 Å². The number of rotatable bonds is 3. The number of carbonyl (C=O) groups excluding carboxylic acids is 1. The Hall–Kier alpha value is -3.04. The van der Waals surface area contributed by atoms with Gasteiger partial charge in [-0.2, -0.15) is 18.3 Å². The third-order valence-electron chi connectivity index (χ3n) is 4.51. The van der Waals surface area contributed by atoms with Crippen LogP contribution in [0.2, 0.25) is 0 Å². The highest BCUT2D eigenvalue weighted by Crippen LogP contribution is 2.34. The molecule has 0 bridgehead atoms. The number of alkyl halides is 3. The first-order valence-corrected chi connectivity index (χ1v) is 8.73. The maximum absolute atomic E-state index is 13.1. The molecular formula is C18H21F3N6O. The molecule has 1 saturated heterocycles. The van der Waals surface area contributed by atoms with E-state index in [9.17, 15) is 18.0 Å². The van der Waals surface area contributed by atoms with E-state index in [1.54, 1.807) is 6.20 Å². The summed E-state index contributed by atoms with van der Waals surface area (Å²) in [7, 11) is 3.81. The van der Waals surface area contributed by atoms with Crippen molar-refractivity contribution in [1.82, 2.24) is 15.1 Å². The number of para-hydroxylation sites is 1. The lowest BCUT2D eigenvalue weighted by atomic mass is 10.1. The van der Waals surface area contributed by atoms with Gasteiger partial charge in [-0.15, -0.1) is 5.10 Å². The van der Waals surface area contributed by atoms with Gasteiger partial charge >= 0.3 is 12.2 Å². The largest absolute Gasteiger partial charge is 0.418 e. The van der Waals surface area contributed by atoms with E-state index in [0.717, 1.165) is 11.8 Å². The number of nitrogens with one attached hydrogen (secondary N) is 1. The lowest BCUT2D eigenvalue weighted by Crippen LogP contribution is -2.50. The Labute approximate surface area is 160 Å². The molecule has 1 aliphatic heterocycles. The first-order chi connectivity index (χ1) is 13.3. The molecule has 10 heteroatoms. The molecule has 1 aromatic carbocycles. The van der Waals surface area contributed by atoms with E-state index in [4.69, 9.17) is 0 Å². The highest BCUT2D eigenvalue weighted by atomic mass is 19.4. The normalized spacial score (nSPS) is 14.8. The lowest BCUT2D eigenvalue weighted by Gasteiger charge is -2.35. The van der Waals surface area contributed by atoms with Crippen molar-refractivity contribution in [2.24, 2.45) is 0 Å². The summed E-state index contributed by atoms with van der Waals surface area (Å²) in [5.41, 5.74) is -0.196. The molecule has 1 fully saturated rings. The minimum absolute atomic E-state index is 0.244. The maximum Gasteiger partial charge on any atom is 0.418 e. The summed E-state index contributed by atoms with van der Waals surface area (Å²) in [6, 6.07) is 6.30. The van der Waals surface area contributed by atoms with Gasteiger partial charge in [-0.3, -0.25) is 0 Å². The fourth-order valence-electron chi connectivity index (χ4n) is 2.92. The van der Waals surface area contributed by atoms with Gasteiger partial charge in [0, 0.05) is 46.3 Å². The van der Waals surface area contributed by atoms with Gasteiger partial charge in [0.15, 0.2) is 5.82 Å². The molecule has 2 heterocycles. The van der Waals surface area contributed by atoms with Crippen LogP contribution in [0.15, 0.2) is 36.5 Å². The minimum atomic E-state index is -4.53. The number of anilines is 3. The van der Waals surface area contributed by atoms with Crippen LogP contribution in [0, 0.1) is 0 Å². The molecular weight excluding hydrogens is 373 g/mol. The Balaban J connectivity index is 1.63. The zero-order valence-corrected chi connectivity index (χ0v) is 15.6. The molecule has 7 nitrogen and oxygen atoms in total.